The number of rotatable bonds is 4. The zero-order valence-corrected chi connectivity index (χ0v) is 17.1. The van der Waals surface area contributed by atoms with Crippen molar-refractivity contribution in [1.29, 1.82) is 0 Å². The third-order valence-corrected chi connectivity index (χ3v) is 7.15. The number of ether oxygens (including phenoxy) is 2. The Labute approximate surface area is 172 Å². The van der Waals surface area contributed by atoms with E-state index in [0.717, 1.165) is 48.7 Å². The second-order valence-corrected chi connectivity index (χ2v) is 8.80. The van der Waals surface area contributed by atoms with Crippen LogP contribution >= 0.6 is 0 Å². The molecule has 4 aliphatic rings. The molecule has 0 saturated carbocycles. The maximum atomic E-state index is 13.0. The van der Waals surface area contributed by atoms with Gasteiger partial charge in [0.05, 0.1) is 18.6 Å². The van der Waals surface area contributed by atoms with E-state index in [2.05, 4.69) is 17.0 Å². The molecule has 0 radical (unpaired) electrons. The number of benzene rings is 1. The molecule has 1 amide bonds. The first-order valence-electron chi connectivity index (χ1n) is 10.9. The van der Waals surface area contributed by atoms with E-state index in [1.165, 1.54) is 12.8 Å². The molecule has 6 nitrogen and oxygen atoms in total. The smallest absolute Gasteiger partial charge is 0.224 e. The molecule has 1 saturated heterocycles. The molecule has 5 rings (SSSR count). The van der Waals surface area contributed by atoms with Gasteiger partial charge in [-0.3, -0.25) is 4.79 Å². The zero-order valence-electron chi connectivity index (χ0n) is 17.1. The molecule has 29 heavy (non-hydrogen) atoms. The number of methoxy groups -OCH3 is 1. The number of nitrogens with zero attached hydrogens (tertiary/aromatic N) is 2. The first-order chi connectivity index (χ1) is 14.1. The summed E-state index contributed by atoms with van der Waals surface area (Å²) in [5, 5.41) is 10.2. The molecule has 1 N–H and O–H groups in total. The molecule has 1 unspecified atom stereocenters. The van der Waals surface area contributed by atoms with Crippen molar-refractivity contribution < 1.29 is 19.4 Å². The summed E-state index contributed by atoms with van der Waals surface area (Å²) in [5.41, 5.74) is 2.00. The molecular formula is C23H30N2O4. The lowest BCUT2D eigenvalue weighted by atomic mass is 9.69. The molecule has 0 aromatic heterocycles. The average molecular weight is 399 g/mol. The van der Waals surface area contributed by atoms with E-state index in [0.29, 0.717) is 25.9 Å². The predicted molar refractivity (Wildman–Crippen MR) is 109 cm³/mol. The van der Waals surface area contributed by atoms with Crippen molar-refractivity contribution in [2.75, 3.05) is 33.3 Å². The highest BCUT2D eigenvalue weighted by Crippen LogP contribution is 2.55. The van der Waals surface area contributed by atoms with Gasteiger partial charge in [0, 0.05) is 38.0 Å². The Kier molecular flexibility index (Phi) is 4.79. The fraction of sp³-hybridized carbons (Fsp3) is 0.609. The summed E-state index contributed by atoms with van der Waals surface area (Å²) in [6.45, 7) is 4.41. The van der Waals surface area contributed by atoms with Crippen LogP contribution in [0.1, 0.15) is 43.2 Å². The molecule has 3 heterocycles. The Morgan fingerprint density at radius 2 is 2.14 bits per heavy atom. The summed E-state index contributed by atoms with van der Waals surface area (Å²) in [4.78, 5) is 17.5. The van der Waals surface area contributed by atoms with Gasteiger partial charge in [0.2, 0.25) is 5.91 Å². The van der Waals surface area contributed by atoms with Gasteiger partial charge in [-0.25, -0.2) is 0 Å². The second-order valence-electron chi connectivity index (χ2n) is 8.80. The number of carbonyl (C=O) groups excluding carboxylic acids is 1. The molecule has 156 valence electrons. The van der Waals surface area contributed by atoms with Gasteiger partial charge in [0.15, 0.2) is 11.5 Å². The molecule has 6 heteroatoms. The maximum absolute atomic E-state index is 13.0. The Bertz CT molecular complexity index is 832. The van der Waals surface area contributed by atoms with Crippen LogP contribution in [0.5, 0.6) is 11.5 Å². The van der Waals surface area contributed by atoms with Crippen molar-refractivity contribution in [3.63, 3.8) is 0 Å². The van der Waals surface area contributed by atoms with Crippen molar-refractivity contribution in [2.24, 2.45) is 0 Å². The Hall–Kier alpha value is -2.05. The highest BCUT2D eigenvalue weighted by atomic mass is 16.5. The number of likely N-dealkylation sites (tertiary alicyclic amines) is 1. The Morgan fingerprint density at radius 3 is 2.93 bits per heavy atom. The van der Waals surface area contributed by atoms with Crippen LogP contribution in [0.25, 0.3) is 0 Å². The zero-order chi connectivity index (χ0) is 20.0. The van der Waals surface area contributed by atoms with Gasteiger partial charge in [-0.2, -0.15) is 0 Å². The SMILES string of the molecule is COc1ccc2c3c1O[C@H]1CC(O)C=C[C@@]31CCN(C(=O)CCN1CCCC1)C2. The lowest BCUT2D eigenvalue weighted by molar-refractivity contribution is -0.132. The lowest BCUT2D eigenvalue weighted by Gasteiger charge is -2.35. The molecule has 3 aliphatic heterocycles. The first kappa shape index (κ1) is 18.9. The van der Waals surface area contributed by atoms with Crippen LogP contribution in [0.3, 0.4) is 0 Å². The van der Waals surface area contributed by atoms with E-state index in [9.17, 15) is 9.90 Å². The fourth-order valence-electron chi connectivity index (χ4n) is 5.57. The molecule has 1 aliphatic carbocycles. The molecule has 1 aromatic rings. The minimum atomic E-state index is -0.490. The minimum Gasteiger partial charge on any atom is -0.493 e. The van der Waals surface area contributed by atoms with Gasteiger partial charge in [0.1, 0.15) is 6.10 Å². The Morgan fingerprint density at radius 1 is 1.31 bits per heavy atom. The first-order valence-corrected chi connectivity index (χ1v) is 10.9. The van der Waals surface area contributed by atoms with Gasteiger partial charge in [-0.1, -0.05) is 18.2 Å². The number of hydrogen-bond acceptors (Lipinski definition) is 5. The number of carbonyl (C=O) groups is 1. The van der Waals surface area contributed by atoms with Gasteiger partial charge in [-0.15, -0.1) is 0 Å². The third-order valence-electron chi connectivity index (χ3n) is 7.15. The molecule has 3 atom stereocenters. The summed E-state index contributed by atoms with van der Waals surface area (Å²) < 4.78 is 11.9. The summed E-state index contributed by atoms with van der Waals surface area (Å²) in [7, 11) is 1.66. The summed E-state index contributed by atoms with van der Waals surface area (Å²) >= 11 is 0. The van der Waals surface area contributed by atoms with Crippen LogP contribution in [0, 0.1) is 0 Å². The number of hydrogen-bond donors (Lipinski definition) is 1. The van der Waals surface area contributed by atoms with Crippen molar-refractivity contribution in [2.45, 2.75) is 56.3 Å². The van der Waals surface area contributed by atoms with Crippen LogP contribution in [-0.2, 0) is 16.8 Å². The highest BCUT2D eigenvalue weighted by molar-refractivity contribution is 5.77. The molecule has 1 fully saturated rings. The highest BCUT2D eigenvalue weighted by Gasteiger charge is 2.53. The van der Waals surface area contributed by atoms with Crippen LogP contribution < -0.4 is 9.47 Å². The van der Waals surface area contributed by atoms with Gasteiger partial charge < -0.3 is 24.4 Å². The van der Waals surface area contributed by atoms with E-state index in [4.69, 9.17) is 9.47 Å². The van der Waals surface area contributed by atoms with Crippen molar-refractivity contribution >= 4 is 5.91 Å². The van der Waals surface area contributed by atoms with E-state index >= 15 is 0 Å². The van der Waals surface area contributed by atoms with Gasteiger partial charge >= 0.3 is 0 Å². The summed E-state index contributed by atoms with van der Waals surface area (Å²) in [5.74, 6) is 1.75. The standard InChI is InChI=1S/C23H30N2O4/c1-28-18-5-4-16-15-25(20(27)7-12-24-10-2-3-11-24)13-9-23-8-6-17(26)14-19(23)29-22(18)21(16)23/h4-6,8,17,19,26H,2-3,7,9-15H2,1H3/t17?,19-,23-/m0/s1. The average Bonchev–Trinajstić information content (AvgIpc) is 3.31. The van der Waals surface area contributed by atoms with Crippen LogP contribution in [0.4, 0.5) is 0 Å². The normalized spacial score (nSPS) is 30.5. The van der Waals surface area contributed by atoms with E-state index in [-0.39, 0.29) is 17.4 Å². The third kappa shape index (κ3) is 3.13. The largest absolute Gasteiger partial charge is 0.493 e. The van der Waals surface area contributed by atoms with Crippen molar-refractivity contribution in [3.8, 4) is 11.5 Å². The monoisotopic (exact) mass is 398 g/mol. The second kappa shape index (κ2) is 7.33. The topological polar surface area (TPSA) is 62.2 Å². The number of aliphatic hydroxyl groups is 1. The van der Waals surface area contributed by atoms with Gasteiger partial charge in [0.25, 0.3) is 0 Å². The molecular weight excluding hydrogens is 368 g/mol. The van der Waals surface area contributed by atoms with E-state index in [1.807, 2.05) is 17.0 Å². The van der Waals surface area contributed by atoms with E-state index < -0.39 is 6.10 Å². The van der Waals surface area contributed by atoms with Crippen molar-refractivity contribution in [3.05, 3.63) is 35.4 Å². The molecule has 0 bridgehead atoms. The molecule has 1 aromatic carbocycles. The van der Waals surface area contributed by atoms with E-state index in [1.54, 1.807) is 7.11 Å². The minimum absolute atomic E-state index is 0.118. The maximum Gasteiger partial charge on any atom is 0.224 e. The number of aliphatic hydroxyl groups excluding tert-OH is 1. The fourth-order valence-corrected chi connectivity index (χ4v) is 5.57. The van der Waals surface area contributed by atoms with Crippen molar-refractivity contribution in [1.82, 2.24) is 9.80 Å². The Balaban J connectivity index is 1.44. The van der Waals surface area contributed by atoms with Crippen LogP contribution in [-0.4, -0.2) is 66.3 Å². The van der Waals surface area contributed by atoms with Gasteiger partial charge in [-0.05, 0) is 44.0 Å². The summed E-state index contributed by atoms with van der Waals surface area (Å²) in [6, 6.07) is 4.02. The van der Waals surface area contributed by atoms with Crippen LogP contribution in [0.15, 0.2) is 24.3 Å². The summed E-state index contributed by atoms with van der Waals surface area (Å²) in [6.07, 6.45) is 7.86. The lowest BCUT2D eigenvalue weighted by Crippen LogP contribution is -2.43. The number of amides is 1. The molecule has 1 spiro atoms. The predicted octanol–water partition coefficient (Wildman–Crippen LogP) is 2.23. The quantitative estimate of drug-likeness (QED) is 0.788. The van der Waals surface area contributed by atoms with Crippen LogP contribution in [0.2, 0.25) is 0 Å².